The van der Waals surface area contributed by atoms with Crippen LogP contribution in [0.2, 0.25) is 0 Å². The first kappa shape index (κ1) is 19.0. The van der Waals surface area contributed by atoms with Crippen LogP contribution in [0.15, 0.2) is 54.6 Å². The van der Waals surface area contributed by atoms with Crippen LogP contribution in [0.1, 0.15) is 30.4 Å². The molecule has 0 bridgehead atoms. The van der Waals surface area contributed by atoms with Gasteiger partial charge in [-0.05, 0) is 17.5 Å². The van der Waals surface area contributed by atoms with Gasteiger partial charge in [0, 0.05) is 18.5 Å². The Kier molecular flexibility index (Phi) is 4.96. The third-order valence-electron chi connectivity index (χ3n) is 5.53. The molecule has 1 fully saturated rings. The fraction of sp³-hybridized carbons (Fsp3) is 0.318. The van der Waals surface area contributed by atoms with Gasteiger partial charge in [0.05, 0.1) is 6.61 Å². The lowest BCUT2D eigenvalue weighted by molar-refractivity contribution is -0.136. The van der Waals surface area contributed by atoms with Crippen molar-refractivity contribution in [3.8, 4) is 5.75 Å². The molecular weight excluding hydrogens is 370 g/mol. The summed E-state index contributed by atoms with van der Waals surface area (Å²) in [6.07, 6.45) is 0.331. The minimum Gasteiger partial charge on any atom is -0.493 e. The molecule has 2 aromatic rings. The van der Waals surface area contributed by atoms with Gasteiger partial charge >= 0.3 is 6.03 Å². The number of hydrogen-bond donors (Lipinski definition) is 2. The molecule has 2 aliphatic heterocycles. The van der Waals surface area contributed by atoms with E-state index in [1.165, 1.54) is 0 Å². The Bertz CT molecular complexity index is 946. The summed E-state index contributed by atoms with van der Waals surface area (Å²) in [5, 5.41) is 5.62. The molecule has 2 heterocycles. The molecule has 4 amide bonds. The number of rotatable bonds is 5. The molecule has 4 rings (SSSR count). The molecule has 150 valence electrons. The Morgan fingerprint density at radius 1 is 1.17 bits per heavy atom. The number of nitrogens with one attached hydrogen (secondary N) is 2. The van der Waals surface area contributed by atoms with Crippen LogP contribution in [-0.2, 0) is 15.1 Å². The zero-order chi connectivity index (χ0) is 20.4. The molecule has 29 heavy (non-hydrogen) atoms. The summed E-state index contributed by atoms with van der Waals surface area (Å²) < 4.78 is 5.62. The van der Waals surface area contributed by atoms with E-state index < -0.39 is 17.5 Å². The van der Waals surface area contributed by atoms with Crippen molar-refractivity contribution in [1.82, 2.24) is 15.5 Å². The zero-order valence-electron chi connectivity index (χ0n) is 16.2. The van der Waals surface area contributed by atoms with Gasteiger partial charge in [-0.1, -0.05) is 55.5 Å². The minimum atomic E-state index is -1.16. The van der Waals surface area contributed by atoms with E-state index in [0.717, 1.165) is 10.5 Å². The number of nitrogens with zero attached hydrogens (tertiary/aromatic N) is 1. The second-order valence-corrected chi connectivity index (χ2v) is 7.44. The Morgan fingerprint density at radius 3 is 2.69 bits per heavy atom. The van der Waals surface area contributed by atoms with Crippen molar-refractivity contribution in [3.63, 3.8) is 0 Å². The molecule has 0 aliphatic carbocycles. The molecule has 1 spiro atoms. The van der Waals surface area contributed by atoms with E-state index in [-0.39, 0.29) is 18.4 Å². The van der Waals surface area contributed by atoms with Crippen molar-refractivity contribution < 1.29 is 19.1 Å². The monoisotopic (exact) mass is 393 g/mol. The third kappa shape index (κ3) is 3.44. The summed E-state index contributed by atoms with van der Waals surface area (Å²) in [5.74, 6) is -0.0782. The highest BCUT2D eigenvalue weighted by Gasteiger charge is 2.55. The van der Waals surface area contributed by atoms with E-state index >= 15 is 0 Å². The second kappa shape index (κ2) is 7.58. The standard InChI is InChI=1S/C22H23N3O4/c1-15(16-7-3-2-4-8-16)13-23-19(26)14-25-20(27)22(24-21(25)28)11-12-29-18-10-6-5-9-17(18)22/h2-10,15H,11-14H2,1H3,(H,23,26)(H,24,28)/t15-,22+/m0/s1. The van der Waals surface area contributed by atoms with E-state index in [0.29, 0.717) is 30.9 Å². The molecule has 0 unspecified atom stereocenters. The van der Waals surface area contributed by atoms with Gasteiger partial charge in [0.25, 0.3) is 5.91 Å². The Morgan fingerprint density at radius 2 is 1.90 bits per heavy atom. The average Bonchev–Trinajstić information content (AvgIpc) is 2.97. The highest BCUT2D eigenvalue weighted by Crippen LogP contribution is 2.40. The summed E-state index contributed by atoms with van der Waals surface area (Å²) in [6, 6.07) is 16.5. The quantitative estimate of drug-likeness (QED) is 0.762. The van der Waals surface area contributed by atoms with Crippen molar-refractivity contribution in [2.45, 2.75) is 24.8 Å². The maximum absolute atomic E-state index is 13.2. The molecule has 0 saturated carbocycles. The predicted octanol–water partition coefficient (Wildman–Crippen LogP) is 2.14. The lowest BCUT2D eigenvalue weighted by Gasteiger charge is -2.33. The smallest absolute Gasteiger partial charge is 0.325 e. The first-order chi connectivity index (χ1) is 14.0. The number of carbonyl (C=O) groups excluding carboxylic acids is 3. The molecular formula is C22H23N3O4. The maximum Gasteiger partial charge on any atom is 0.325 e. The van der Waals surface area contributed by atoms with Crippen molar-refractivity contribution in [2.24, 2.45) is 0 Å². The van der Waals surface area contributed by atoms with Gasteiger partial charge < -0.3 is 15.4 Å². The molecule has 2 aromatic carbocycles. The Labute approximate surface area is 169 Å². The van der Waals surface area contributed by atoms with Gasteiger partial charge in [-0.15, -0.1) is 0 Å². The van der Waals surface area contributed by atoms with Crippen molar-refractivity contribution >= 4 is 17.8 Å². The fourth-order valence-electron chi connectivity index (χ4n) is 3.88. The lowest BCUT2D eigenvalue weighted by atomic mass is 9.84. The molecule has 1 saturated heterocycles. The van der Waals surface area contributed by atoms with Gasteiger partial charge in [0.1, 0.15) is 12.3 Å². The van der Waals surface area contributed by atoms with Gasteiger partial charge in [-0.3, -0.25) is 14.5 Å². The lowest BCUT2D eigenvalue weighted by Crippen LogP contribution is -2.48. The van der Waals surface area contributed by atoms with Crippen LogP contribution in [0, 0.1) is 0 Å². The minimum absolute atomic E-state index is 0.122. The van der Waals surface area contributed by atoms with Gasteiger partial charge in [-0.25, -0.2) is 4.79 Å². The summed E-state index contributed by atoms with van der Waals surface area (Å²) in [5.41, 5.74) is 0.578. The van der Waals surface area contributed by atoms with E-state index in [2.05, 4.69) is 10.6 Å². The van der Waals surface area contributed by atoms with E-state index in [1.54, 1.807) is 18.2 Å². The first-order valence-electron chi connectivity index (χ1n) is 9.69. The molecule has 7 nitrogen and oxygen atoms in total. The number of ether oxygens (including phenoxy) is 1. The van der Waals surface area contributed by atoms with Crippen LogP contribution < -0.4 is 15.4 Å². The van der Waals surface area contributed by atoms with Crippen molar-refractivity contribution in [3.05, 3.63) is 65.7 Å². The topological polar surface area (TPSA) is 87.7 Å². The normalized spacial score (nSPS) is 21.3. The van der Waals surface area contributed by atoms with Crippen molar-refractivity contribution in [2.75, 3.05) is 19.7 Å². The first-order valence-corrected chi connectivity index (χ1v) is 9.69. The molecule has 2 N–H and O–H groups in total. The van der Waals surface area contributed by atoms with Gasteiger partial charge in [0.2, 0.25) is 5.91 Å². The number of amides is 4. The van der Waals surface area contributed by atoms with Gasteiger partial charge in [-0.2, -0.15) is 0 Å². The number of para-hydroxylation sites is 1. The second-order valence-electron chi connectivity index (χ2n) is 7.44. The molecule has 0 aromatic heterocycles. The Balaban J connectivity index is 1.43. The number of hydrogen-bond acceptors (Lipinski definition) is 4. The summed E-state index contributed by atoms with van der Waals surface area (Å²) in [6.45, 7) is 2.44. The van der Waals surface area contributed by atoms with Gasteiger partial charge in [0.15, 0.2) is 5.54 Å². The van der Waals surface area contributed by atoms with E-state index in [4.69, 9.17) is 4.74 Å². The number of urea groups is 1. The average molecular weight is 393 g/mol. The van der Waals surface area contributed by atoms with Crippen molar-refractivity contribution in [1.29, 1.82) is 0 Å². The third-order valence-corrected chi connectivity index (χ3v) is 5.53. The van der Waals surface area contributed by atoms with E-state index in [9.17, 15) is 14.4 Å². The zero-order valence-corrected chi connectivity index (χ0v) is 16.2. The van der Waals surface area contributed by atoms with Crippen LogP contribution in [0.25, 0.3) is 0 Å². The highest BCUT2D eigenvalue weighted by molar-refractivity contribution is 6.09. The largest absolute Gasteiger partial charge is 0.493 e. The SMILES string of the molecule is C[C@@H](CNC(=O)CN1C(=O)N[C@@]2(CCOc3ccccc32)C1=O)c1ccccc1. The van der Waals surface area contributed by atoms with Crippen LogP contribution in [-0.4, -0.2) is 42.4 Å². The number of benzene rings is 2. The molecule has 7 heteroatoms. The molecule has 2 atom stereocenters. The van der Waals surface area contributed by atoms with E-state index in [1.807, 2.05) is 43.3 Å². The fourth-order valence-corrected chi connectivity index (χ4v) is 3.88. The Hall–Kier alpha value is -3.35. The number of fused-ring (bicyclic) bond motifs is 2. The van der Waals surface area contributed by atoms with Crippen LogP contribution in [0.4, 0.5) is 4.79 Å². The van der Waals surface area contributed by atoms with Crippen LogP contribution >= 0.6 is 0 Å². The van der Waals surface area contributed by atoms with Crippen LogP contribution in [0.5, 0.6) is 5.75 Å². The predicted molar refractivity (Wildman–Crippen MR) is 106 cm³/mol. The summed E-state index contributed by atoms with van der Waals surface area (Å²) in [4.78, 5) is 39.1. The van der Waals surface area contributed by atoms with Crippen LogP contribution in [0.3, 0.4) is 0 Å². The highest BCUT2D eigenvalue weighted by atomic mass is 16.5. The summed E-state index contributed by atoms with van der Waals surface area (Å²) in [7, 11) is 0. The summed E-state index contributed by atoms with van der Waals surface area (Å²) >= 11 is 0. The number of carbonyl (C=O) groups is 3. The number of imide groups is 1. The molecule has 2 aliphatic rings. The maximum atomic E-state index is 13.2. The molecule has 0 radical (unpaired) electrons.